The number of carbonyl (C=O) groups excluding carboxylic acids is 14. The topological polar surface area (TPSA) is 457 Å². The summed E-state index contributed by atoms with van der Waals surface area (Å²) in [6.07, 6.45) is -9.98. The zero-order valence-corrected chi connectivity index (χ0v) is 86.8. The van der Waals surface area contributed by atoms with E-state index in [0.717, 1.165) is 27.3 Å². The molecule has 3 heterocycles. The van der Waals surface area contributed by atoms with Crippen LogP contribution in [-0.2, 0) is 91.4 Å². The summed E-state index contributed by atoms with van der Waals surface area (Å²) in [5.41, 5.74) is 5.37. The Morgan fingerprint density at radius 2 is 0.707 bits per heavy atom. The van der Waals surface area contributed by atoms with Gasteiger partial charge in [-0.2, -0.15) is 0 Å². The van der Waals surface area contributed by atoms with E-state index >= 15 is 0 Å². The quantitative estimate of drug-likeness (QED) is 0.0147. The summed E-state index contributed by atoms with van der Waals surface area (Å²) >= 11 is 0. The minimum absolute atomic E-state index is 0. The number of piperidine rings is 3. The van der Waals surface area contributed by atoms with Crippen LogP contribution >= 0.6 is 12.4 Å². The summed E-state index contributed by atoms with van der Waals surface area (Å²) in [4.78, 5) is 187. The molecule has 6 aliphatic rings. The van der Waals surface area contributed by atoms with Crippen molar-refractivity contribution in [2.45, 2.75) is 269 Å². The molecule has 3 aromatic rings. The Hall–Kier alpha value is -10.4. The number of nitrogens with zero attached hydrogens (tertiary/aromatic N) is 4. The third-order valence-corrected chi connectivity index (χ3v) is 28.7. The number of methoxy groups -OCH3 is 3. The van der Waals surface area contributed by atoms with Crippen LogP contribution in [0.2, 0.25) is 0 Å². The largest absolute Gasteiger partial charge is 0.465 e. The number of alkyl carbamates (subject to hydrolysis) is 1. The van der Waals surface area contributed by atoms with Crippen molar-refractivity contribution in [3.05, 3.63) is 106 Å². The molecular formula is C98H147ClF6N14O20S. The van der Waals surface area contributed by atoms with Gasteiger partial charge in [0, 0.05) is 78.2 Å². The zero-order chi connectivity index (χ0) is 105. The molecule has 11 N–H and O–H groups in total. The number of fused-ring (bicyclic) bond motifs is 3. The average molecular weight is 2020 g/mol. The minimum atomic E-state index is -3.55. The summed E-state index contributed by atoms with van der Waals surface area (Å²) < 4.78 is 126. The van der Waals surface area contributed by atoms with Crippen molar-refractivity contribution >= 4 is 106 Å². The van der Waals surface area contributed by atoms with Gasteiger partial charge < -0.3 is 87.2 Å². The number of hydrogen-bond acceptors (Lipinski definition) is 21. The number of alkyl halides is 6. The van der Waals surface area contributed by atoms with E-state index in [1.54, 1.807) is 135 Å². The number of likely N-dealkylation sites (tertiary alicyclic amines) is 3. The Labute approximate surface area is 824 Å². The number of nitrogens with one attached hydrogen (secondary N) is 9. The monoisotopic (exact) mass is 2020 g/mol. The van der Waals surface area contributed by atoms with Gasteiger partial charge in [0.25, 0.3) is 0 Å². The van der Waals surface area contributed by atoms with Crippen molar-refractivity contribution in [2.75, 3.05) is 80.4 Å². The number of ether oxygens (including phenoxy) is 4. The van der Waals surface area contributed by atoms with Crippen LogP contribution < -0.4 is 53.6 Å². The number of halogens is 7. The lowest BCUT2D eigenvalue weighted by Gasteiger charge is -2.39. The van der Waals surface area contributed by atoms with Gasteiger partial charge in [-0.3, -0.25) is 43.2 Å². The fourth-order valence-electron chi connectivity index (χ4n) is 18.4. The van der Waals surface area contributed by atoms with E-state index in [-0.39, 0.29) is 109 Å². The van der Waals surface area contributed by atoms with Crippen LogP contribution in [0.4, 0.5) is 35.9 Å². The molecule has 3 aliphatic heterocycles. The highest BCUT2D eigenvalue weighted by atomic mass is 35.5. The van der Waals surface area contributed by atoms with E-state index in [0.29, 0.717) is 42.5 Å². The second-order valence-electron chi connectivity index (χ2n) is 44.1. The van der Waals surface area contributed by atoms with Crippen LogP contribution in [0, 0.1) is 73.4 Å². The molecule has 12 amide bonds. The predicted octanol–water partition coefficient (Wildman–Crippen LogP) is 9.02. The van der Waals surface area contributed by atoms with Crippen LogP contribution in [0.1, 0.15) is 212 Å². The highest BCUT2D eigenvalue weighted by Crippen LogP contribution is 2.67. The predicted molar refractivity (Wildman–Crippen MR) is 513 cm³/mol. The van der Waals surface area contributed by atoms with Gasteiger partial charge in [0.05, 0.1) is 50.3 Å². The number of esters is 3. The van der Waals surface area contributed by atoms with Crippen molar-refractivity contribution in [3.63, 3.8) is 0 Å². The number of carbonyl (C=O) groups is 14. The normalized spacial score (nSPS) is 21.6. The highest BCUT2D eigenvalue weighted by Gasteiger charge is 2.73. The molecule has 140 heavy (non-hydrogen) atoms. The fourth-order valence-corrected chi connectivity index (χ4v) is 18.9. The molecule has 3 saturated carbocycles. The molecule has 34 nitrogen and oxygen atoms in total. The minimum Gasteiger partial charge on any atom is -0.465 e. The number of amides is 12. The van der Waals surface area contributed by atoms with Crippen molar-refractivity contribution in [1.82, 2.24) is 66.9 Å². The van der Waals surface area contributed by atoms with Gasteiger partial charge in [0.1, 0.15) is 53.9 Å². The molecule has 0 radical (unpaired) electrons. The molecule has 3 aliphatic carbocycles. The van der Waals surface area contributed by atoms with Gasteiger partial charge >= 0.3 is 30.0 Å². The summed E-state index contributed by atoms with van der Waals surface area (Å²) in [5, 5.41) is 23.6. The third kappa shape index (κ3) is 31.1. The van der Waals surface area contributed by atoms with Gasteiger partial charge in [-0.05, 0) is 167 Å². The lowest BCUT2D eigenvalue weighted by molar-refractivity contribution is -0.144. The van der Waals surface area contributed by atoms with Crippen LogP contribution in [0.15, 0.2) is 72.8 Å². The maximum absolute atomic E-state index is 14.4. The van der Waals surface area contributed by atoms with Crippen molar-refractivity contribution < 1.29 is 121 Å². The average Bonchev–Trinajstić information content (AvgIpc) is 1.53. The zero-order valence-electron chi connectivity index (χ0n) is 85.2. The van der Waals surface area contributed by atoms with Gasteiger partial charge in [0.2, 0.25) is 82.5 Å². The van der Waals surface area contributed by atoms with Crippen LogP contribution in [0.5, 0.6) is 0 Å². The van der Waals surface area contributed by atoms with Crippen LogP contribution in [0.25, 0.3) is 0 Å². The SMILES string of the molecule is COC(=O)c1ccc(CCNC(=O)[C@H](CC(F)F)NC(=O)[C@@H]2C3C(CN2C(=O)[C@@H](N)C(C)(C)C)C3(C)C)cc1.COC(=O)c1ccc(CCNC(=O)[C@H](CC(F)F)NC(=O)[C@@H]2C3C(CN2C(=O)[C@@H](NC(=O)N[C@H](CN(C)S(C)(=O)=O)C(C)(C)C)C(C)(C)C)C3(C)C)cc1.COC(=O)c1ccc(CCNC(=O)[C@H](CC(F)F)NC(=O)[C@@H]2C3C(CN2C(=O)[C@@H](NC(=O)OC(C)(C)C)C(C)(C)C)C3(C)C)cc1.Cl. The van der Waals surface area contributed by atoms with Gasteiger partial charge in [0.15, 0.2) is 0 Å². The van der Waals surface area contributed by atoms with E-state index in [2.05, 4.69) is 62.1 Å². The third-order valence-electron chi connectivity index (χ3n) is 27.4. The molecule has 784 valence electrons. The molecule has 3 aromatic carbocycles. The van der Waals surface area contributed by atoms with Gasteiger partial charge in [-0.1, -0.05) is 161 Å². The van der Waals surface area contributed by atoms with Gasteiger partial charge in [-0.25, -0.2) is 63.0 Å². The Balaban J connectivity index is 0.000000325. The summed E-state index contributed by atoms with van der Waals surface area (Å²) in [6, 6.07) is 7.72. The summed E-state index contributed by atoms with van der Waals surface area (Å²) in [5.74, 6) is -7.92. The first-order valence-corrected chi connectivity index (χ1v) is 48.6. The molecular weight excluding hydrogens is 1870 g/mol. The van der Waals surface area contributed by atoms with Crippen molar-refractivity contribution in [1.29, 1.82) is 0 Å². The van der Waals surface area contributed by atoms with E-state index in [1.165, 1.54) is 43.1 Å². The number of sulfonamides is 1. The molecule has 42 heteroatoms. The van der Waals surface area contributed by atoms with Crippen LogP contribution in [-0.4, -0.2) is 276 Å². The lowest BCUT2D eigenvalue weighted by atomic mass is 9.85. The van der Waals surface area contributed by atoms with E-state index in [4.69, 9.17) is 10.5 Å². The second-order valence-corrected chi connectivity index (χ2v) is 46.2. The molecule has 6 fully saturated rings. The smallest absolute Gasteiger partial charge is 0.408 e. The molecule has 16 atom stereocenters. The number of benzene rings is 3. The van der Waals surface area contributed by atoms with Crippen molar-refractivity contribution in [3.8, 4) is 0 Å². The number of hydrogen-bond donors (Lipinski definition) is 10. The van der Waals surface area contributed by atoms with E-state index in [9.17, 15) is 102 Å². The van der Waals surface area contributed by atoms with Crippen molar-refractivity contribution in [2.24, 2.45) is 79.1 Å². The molecule has 0 aromatic heterocycles. The van der Waals surface area contributed by atoms with E-state index < -0.39 is 214 Å². The molecule has 3 saturated heterocycles. The first-order valence-electron chi connectivity index (χ1n) is 46.7. The summed E-state index contributed by atoms with van der Waals surface area (Å²) in [6.45, 7) is 39.7. The number of likely N-dealkylation sites (N-methyl/N-ethyl adjacent to an activating group) is 1. The first kappa shape index (κ1) is 118. The molecule has 0 bridgehead atoms. The molecule has 0 spiro atoms. The molecule has 6 unspecified atom stereocenters. The standard InChI is InChI=1S/C37H58F2N6O8S.C33H48F2N4O7.C28H40F2N4O5.ClH/c1-35(2,3)25(20-44(9)54(11,51)52)42-34(50)43-29(36(4,5)6)32(48)45-19-23-27(37(23,7)8)28(45)31(47)41-24(18-26(38)39)30(46)40-17-16-21-12-14-22(15-13-21)33(49)53-10;1-31(2,3)25(38-30(44)46-32(4,5)6)28(42)39-17-20-23(33(20,7)8)24(39)27(41)37-21(16-22(34)35)26(40)36-15-14-18-10-12-19(13-11-18)29(43)45-9;1-27(2,3)22(31)25(37)34-14-17-20(28(17,4)5)21(34)24(36)33-18(13-19(29)30)23(35)32-12-11-15-7-9-16(10-8-15)26(38)39-6;/h12-15,23-29H,16-20H2,1-11H3,(H,40,46)(H,41,47)(H2,42,43,50);10-13,20-25H,14-17H2,1-9H3,(H,36,40)(H,37,41)(H,38,44);7-10,17-22H,11-14,31H2,1-6H3,(H,32,35)(H,33,36);1H/t23?,24-,25+,27?,28-,29+;20?,21-,23?,24-,25+;17?,18-,20?,21-,22+;/m000./s1. The lowest BCUT2D eigenvalue weighted by Crippen LogP contribution is -2.62. The highest BCUT2D eigenvalue weighted by molar-refractivity contribution is 7.88. The second kappa shape index (κ2) is 47.2. The number of rotatable bonds is 36. The maximum atomic E-state index is 14.4. The fraction of sp³-hybridized carbons (Fsp3) is 0.673. The van der Waals surface area contributed by atoms with Gasteiger partial charge in [-0.15, -0.1) is 12.4 Å². The van der Waals surface area contributed by atoms with Crippen LogP contribution in [0.3, 0.4) is 0 Å². The Morgan fingerprint density at radius 3 is 0.950 bits per heavy atom. The first-order chi connectivity index (χ1) is 63.9. The Bertz CT molecular complexity index is 5020. The number of nitrogens with two attached hydrogens (primary N) is 1. The summed E-state index contributed by atoms with van der Waals surface area (Å²) in [7, 11) is 1.69. The maximum Gasteiger partial charge on any atom is 0.408 e. The Morgan fingerprint density at radius 1 is 0.429 bits per heavy atom. The molecule has 9 rings (SSSR count). The Kier molecular flexibility index (Phi) is 39.9. The van der Waals surface area contributed by atoms with E-state index in [1.807, 2.05) is 83.1 Å². The number of urea groups is 1.